The van der Waals surface area contributed by atoms with E-state index in [4.69, 9.17) is 0 Å². The minimum Gasteiger partial charge on any atom is -0.307 e. The van der Waals surface area contributed by atoms with Gasteiger partial charge in [0.2, 0.25) is 0 Å². The molecule has 1 saturated carbocycles. The van der Waals surface area contributed by atoms with E-state index in [2.05, 4.69) is 22.5 Å². The van der Waals surface area contributed by atoms with E-state index >= 15 is 0 Å². The van der Waals surface area contributed by atoms with Crippen LogP contribution in [0.25, 0.3) is 0 Å². The van der Waals surface area contributed by atoms with Crippen molar-refractivity contribution in [2.45, 2.75) is 37.8 Å². The van der Waals surface area contributed by atoms with E-state index < -0.39 is 0 Å². The van der Waals surface area contributed by atoms with Crippen molar-refractivity contribution in [3.05, 3.63) is 0 Å². The Labute approximate surface area is 80.9 Å². The largest absolute Gasteiger partial charge is 0.307 e. The lowest BCUT2D eigenvalue weighted by Gasteiger charge is -2.19. The van der Waals surface area contributed by atoms with Crippen LogP contribution in [0.5, 0.6) is 0 Å². The van der Waals surface area contributed by atoms with Crippen molar-refractivity contribution in [2.75, 3.05) is 26.8 Å². The minimum absolute atomic E-state index is 0.500. The molecule has 2 aliphatic rings. The summed E-state index contributed by atoms with van der Waals surface area (Å²) < 4.78 is 0. The molecule has 76 valence electrons. The number of hydrogen-bond acceptors (Lipinski definition) is 3. The van der Waals surface area contributed by atoms with E-state index in [-0.39, 0.29) is 0 Å². The third-order valence-electron chi connectivity index (χ3n) is 3.21. The lowest BCUT2D eigenvalue weighted by molar-refractivity contribution is 0.306. The van der Waals surface area contributed by atoms with Gasteiger partial charge in [-0.05, 0) is 33.2 Å². The van der Waals surface area contributed by atoms with Crippen LogP contribution >= 0.6 is 0 Å². The molecule has 0 aromatic heterocycles. The maximum absolute atomic E-state index is 3.75. The van der Waals surface area contributed by atoms with Crippen LogP contribution in [0.2, 0.25) is 0 Å². The third-order valence-corrected chi connectivity index (χ3v) is 3.21. The first-order valence-electron chi connectivity index (χ1n) is 5.36. The van der Waals surface area contributed by atoms with Crippen molar-refractivity contribution in [1.82, 2.24) is 15.5 Å². The number of hydrogen-bond donors (Lipinski definition) is 2. The summed E-state index contributed by atoms with van der Waals surface area (Å²) in [5.41, 5.74) is 0.500. The molecule has 0 aromatic rings. The Morgan fingerprint density at radius 3 is 2.85 bits per heavy atom. The van der Waals surface area contributed by atoms with Crippen molar-refractivity contribution in [3.8, 4) is 0 Å². The zero-order valence-corrected chi connectivity index (χ0v) is 8.77. The predicted octanol–water partition coefficient (Wildman–Crippen LogP) is 0.380. The highest BCUT2D eigenvalue weighted by atomic mass is 15.3. The Hall–Kier alpha value is -0.120. The van der Waals surface area contributed by atoms with Gasteiger partial charge in [0, 0.05) is 31.3 Å². The Kier molecular flexibility index (Phi) is 2.58. The number of likely N-dealkylation sites (tertiary alicyclic amines) is 1. The lowest BCUT2D eigenvalue weighted by atomic mass is 10.2. The first kappa shape index (κ1) is 9.44. The lowest BCUT2D eigenvalue weighted by Crippen LogP contribution is -2.41. The fourth-order valence-electron chi connectivity index (χ4n) is 2.14. The molecule has 0 spiro atoms. The molecule has 0 radical (unpaired) electrons. The SMILES string of the molecule is CNCN1CCC(NC2(C)CC2)C1. The summed E-state index contributed by atoms with van der Waals surface area (Å²) in [6.45, 7) is 5.84. The summed E-state index contributed by atoms with van der Waals surface area (Å²) in [5.74, 6) is 0. The zero-order chi connectivity index (χ0) is 9.31. The molecule has 3 heteroatoms. The van der Waals surface area contributed by atoms with Crippen LogP contribution in [0, 0.1) is 0 Å². The topological polar surface area (TPSA) is 27.3 Å². The molecule has 1 aliphatic heterocycles. The molecule has 3 nitrogen and oxygen atoms in total. The summed E-state index contributed by atoms with van der Waals surface area (Å²) in [4.78, 5) is 2.48. The van der Waals surface area contributed by atoms with Gasteiger partial charge in [-0.1, -0.05) is 0 Å². The maximum Gasteiger partial charge on any atom is 0.0478 e. The second-order valence-electron chi connectivity index (χ2n) is 4.78. The number of rotatable bonds is 4. The van der Waals surface area contributed by atoms with Gasteiger partial charge in [0.05, 0.1) is 0 Å². The Morgan fingerprint density at radius 1 is 1.46 bits per heavy atom. The van der Waals surface area contributed by atoms with Crippen LogP contribution in [-0.4, -0.2) is 43.3 Å². The van der Waals surface area contributed by atoms with Gasteiger partial charge in [-0.3, -0.25) is 4.90 Å². The van der Waals surface area contributed by atoms with Crippen molar-refractivity contribution in [2.24, 2.45) is 0 Å². The molecule has 2 rings (SSSR count). The molecule has 2 N–H and O–H groups in total. The fourth-order valence-corrected chi connectivity index (χ4v) is 2.14. The van der Waals surface area contributed by atoms with Gasteiger partial charge in [-0.25, -0.2) is 0 Å². The smallest absolute Gasteiger partial charge is 0.0478 e. The highest BCUT2D eigenvalue weighted by molar-refractivity contribution is 5.00. The average molecular weight is 183 g/mol. The zero-order valence-electron chi connectivity index (χ0n) is 8.77. The quantitative estimate of drug-likeness (QED) is 0.660. The van der Waals surface area contributed by atoms with Crippen LogP contribution in [0.15, 0.2) is 0 Å². The van der Waals surface area contributed by atoms with Crippen LogP contribution in [0.1, 0.15) is 26.2 Å². The van der Waals surface area contributed by atoms with Gasteiger partial charge in [-0.15, -0.1) is 0 Å². The van der Waals surface area contributed by atoms with Crippen molar-refractivity contribution < 1.29 is 0 Å². The molecule has 2 fully saturated rings. The summed E-state index contributed by atoms with van der Waals surface area (Å²) >= 11 is 0. The van der Waals surface area contributed by atoms with Crippen LogP contribution in [-0.2, 0) is 0 Å². The molecule has 13 heavy (non-hydrogen) atoms. The highest BCUT2D eigenvalue weighted by Gasteiger charge is 2.39. The van der Waals surface area contributed by atoms with Crippen LogP contribution in [0.4, 0.5) is 0 Å². The summed E-state index contributed by atoms with van der Waals surface area (Å²) in [5, 5.41) is 6.95. The molecule has 0 bridgehead atoms. The molecule has 1 saturated heterocycles. The van der Waals surface area contributed by atoms with Gasteiger partial charge in [-0.2, -0.15) is 0 Å². The Bertz CT molecular complexity index is 177. The van der Waals surface area contributed by atoms with Crippen molar-refractivity contribution in [3.63, 3.8) is 0 Å². The number of nitrogens with one attached hydrogen (secondary N) is 2. The molecule has 1 unspecified atom stereocenters. The molecule has 1 heterocycles. The van der Waals surface area contributed by atoms with Gasteiger partial charge >= 0.3 is 0 Å². The molecular weight excluding hydrogens is 162 g/mol. The highest BCUT2D eigenvalue weighted by Crippen LogP contribution is 2.35. The summed E-state index contributed by atoms with van der Waals surface area (Å²) in [7, 11) is 2.02. The maximum atomic E-state index is 3.75. The third kappa shape index (κ3) is 2.42. The number of nitrogens with zero attached hydrogens (tertiary/aromatic N) is 1. The van der Waals surface area contributed by atoms with Gasteiger partial charge < -0.3 is 10.6 Å². The monoisotopic (exact) mass is 183 g/mol. The second kappa shape index (κ2) is 3.56. The van der Waals surface area contributed by atoms with Crippen molar-refractivity contribution in [1.29, 1.82) is 0 Å². The Morgan fingerprint density at radius 2 is 2.23 bits per heavy atom. The van der Waals surface area contributed by atoms with E-state index in [1.165, 1.54) is 32.4 Å². The molecule has 0 aromatic carbocycles. The summed E-state index contributed by atoms with van der Waals surface area (Å²) in [6, 6.07) is 0.737. The van der Waals surface area contributed by atoms with Gasteiger partial charge in [0.25, 0.3) is 0 Å². The van der Waals surface area contributed by atoms with Gasteiger partial charge in [0.15, 0.2) is 0 Å². The van der Waals surface area contributed by atoms with Crippen molar-refractivity contribution >= 4 is 0 Å². The van der Waals surface area contributed by atoms with E-state index in [1.54, 1.807) is 0 Å². The molecule has 1 aliphatic carbocycles. The van der Waals surface area contributed by atoms with Crippen LogP contribution in [0.3, 0.4) is 0 Å². The molecule has 1 atom stereocenters. The first-order chi connectivity index (χ1) is 6.22. The van der Waals surface area contributed by atoms with Gasteiger partial charge in [0.1, 0.15) is 0 Å². The predicted molar refractivity (Wildman–Crippen MR) is 54.7 cm³/mol. The van der Waals surface area contributed by atoms with E-state index in [0.29, 0.717) is 5.54 Å². The molecular formula is C10H21N3. The summed E-state index contributed by atoms with van der Waals surface area (Å²) in [6.07, 6.45) is 4.06. The average Bonchev–Trinajstić information content (AvgIpc) is 2.61. The second-order valence-corrected chi connectivity index (χ2v) is 4.78. The first-order valence-corrected chi connectivity index (χ1v) is 5.36. The fraction of sp³-hybridized carbons (Fsp3) is 1.00. The Balaban J connectivity index is 1.71. The van der Waals surface area contributed by atoms with E-state index in [0.717, 1.165) is 12.7 Å². The standard InChI is InChI=1S/C10H21N3/c1-10(4-5-10)12-9-3-6-13(7-9)8-11-2/h9,11-12H,3-8H2,1-2H3. The van der Waals surface area contributed by atoms with E-state index in [1.807, 2.05) is 7.05 Å². The normalized spacial score (nSPS) is 32.3. The van der Waals surface area contributed by atoms with Crippen LogP contribution < -0.4 is 10.6 Å². The van der Waals surface area contributed by atoms with E-state index in [9.17, 15) is 0 Å². The molecule has 0 amide bonds. The minimum atomic E-state index is 0.500.